The molecule has 0 unspecified atom stereocenters. The van der Waals surface area contributed by atoms with Crippen molar-refractivity contribution in [2.24, 2.45) is 0 Å². The molecule has 0 atom stereocenters. The van der Waals surface area contributed by atoms with E-state index in [4.69, 9.17) is 0 Å². The van der Waals surface area contributed by atoms with Crippen LogP contribution in [0.3, 0.4) is 0 Å². The van der Waals surface area contributed by atoms with Gasteiger partial charge in [-0.3, -0.25) is 0 Å². The SMILES string of the molecule is [Cu+].[c-]1cc(-n2c3ccccc3c3ccccc32)cc(-n2c3ccccc3c3ccccc32)c1. The first kappa shape index (κ1) is 19.9. The van der Waals surface area contributed by atoms with Gasteiger partial charge >= 0.3 is 17.1 Å². The number of hydrogen-bond donors (Lipinski definition) is 0. The second kappa shape index (κ2) is 7.67. The molecule has 33 heavy (non-hydrogen) atoms. The Morgan fingerprint density at radius 1 is 0.424 bits per heavy atom. The molecule has 0 N–H and O–H groups in total. The molecule has 7 rings (SSSR count). The Labute approximate surface area is 202 Å². The van der Waals surface area contributed by atoms with Crippen LogP contribution < -0.4 is 0 Å². The van der Waals surface area contributed by atoms with E-state index in [9.17, 15) is 0 Å². The fraction of sp³-hybridized carbons (Fsp3) is 0. The minimum atomic E-state index is 0. The third-order valence-corrected chi connectivity index (χ3v) is 6.43. The van der Waals surface area contributed by atoms with Gasteiger partial charge in [-0.15, -0.1) is 6.07 Å². The summed E-state index contributed by atoms with van der Waals surface area (Å²) in [7, 11) is 0. The first-order chi connectivity index (χ1) is 15.9. The maximum Gasteiger partial charge on any atom is 1.00 e. The molecule has 5 aromatic carbocycles. The first-order valence-electron chi connectivity index (χ1n) is 10.9. The second-order valence-electron chi connectivity index (χ2n) is 8.19. The molecule has 0 aliphatic rings. The first-order valence-corrected chi connectivity index (χ1v) is 10.9. The third kappa shape index (κ3) is 2.87. The topological polar surface area (TPSA) is 9.86 Å². The zero-order chi connectivity index (χ0) is 21.1. The Hall–Kier alpha value is -3.78. The van der Waals surface area contributed by atoms with Gasteiger partial charge in [0.05, 0.1) is 0 Å². The van der Waals surface area contributed by atoms with Crippen LogP contribution in [0, 0.1) is 6.07 Å². The number of aromatic nitrogens is 2. The molecular formula is C30H19CuN2. The summed E-state index contributed by atoms with van der Waals surface area (Å²) < 4.78 is 4.69. The average molecular weight is 471 g/mol. The van der Waals surface area contributed by atoms with Crippen molar-refractivity contribution in [3.63, 3.8) is 0 Å². The van der Waals surface area contributed by atoms with E-state index in [1.807, 2.05) is 0 Å². The van der Waals surface area contributed by atoms with E-state index in [-0.39, 0.29) is 17.1 Å². The summed E-state index contributed by atoms with van der Waals surface area (Å²) in [6.07, 6.45) is 0. The number of nitrogens with zero attached hydrogens (tertiary/aromatic N) is 2. The van der Waals surface area contributed by atoms with Gasteiger partial charge in [-0.25, -0.2) is 0 Å². The fourth-order valence-corrected chi connectivity index (χ4v) is 5.11. The molecule has 7 aromatic rings. The molecule has 0 fully saturated rings. The molecule has 2 nitrogen and oxygen atoms in total. The summed E-state index contributed by atoms with van der Waals surface area (Å²) >= 11 is 0. The van der Waals surface area contributed by atoms with Gasteiger partial charge in [-0.1, -0.05) is 84.2 Å². The van der Waals surface area contributed by atoms with E-state index in [1.54, 1.807) is 0 Å². The average Bonchev–Trinajstić information content (AvgIpc) is 3.37. The maximum atomic E-state index is 3.42. The quantitative estimate of drug-likeness (QED) is 0.181. The molecule has 0 amide bonds. The molecule has 0 aliphatic carbocycles. The van der Waals surface area contributed by atoms with E-state index < -0.39 is 0 Å². The monoisotopic (exact) mass is 470 g/mol. The van der Waals surface area contributed by atoms with E-state index in [0.717, 1.165) is 11.4 Å². The molecule has 2 aromatic heterocycles. The Morgan fingerprint density at radius 2 is 0.727 bits per heavy atom. The summed E-state index contributed by atoms with van der Waals surface area (Å²) in [6, 6.07) is 44.3. The van der Waals surface area contributed by atoms with Crippen LogP contribution in [-0.4, -0.2) is 9.13 Å². The third-order valence-electron chi connectivity index (χ3n) is 6.43. The molecule has 0 aliphatic heterocycles. The van der Waals surface area contributed by atoms with Crippen LogP contribution in [0.25, 0.3) is 55.0 Å². The Morgan fingerprint density at radius 3 is 1.06 bits per heavy atom. The van der Waals surface area contributed by atoms with Gasteiger partial charge in [-0.05, 0) is 24.3 Å². The van der Waals surface area contributed by atoms with E-state index in [2.05, 4.69) is 130 Å². The molecule has 0 saturated carbocycles. The molecular weight excluding hydrogens is 452 g/mol. The number of benzene rings is 5. The van der Waals surface area contributed by atoms with Gasteiger partial charge in [0.1, 0.15) is 0 Å². The zero-order valence-corrected chi connectivity index (χ0v) is 18.6. The Balaban J connectivity index is 0.00000206. The van der Waals surface area contributed by atoms with Crippen molar-refractivity contribution >= 4 is 43.6 Å². The molecule has 0 radical (unpaired) electrons. The van der Waals surface area contributed by atoms with Crippen LogP contribution >= 0.6 is 0 Å². The number of fused-ring (bicyclic) bond motifs is 6. The second-order valence-corrected chi connectivity index (χ2v) is 8.19. The summed E-state index contributed by atoms with van der Waals surface area (Å²) in [5.41, 5.74) is 7.06. The Kier molecular flexibility index (Phi) is 4.62. The van der Waals surface area contributed by atoms with E-state index in [0.29, 0.717) is 0 Å². The van der Waals surface area contributed by atoms with Crippen molar-refractivity contribution < 1.29 is 17.1 Å². The smallest absolute Gasteiger partial charge is 0.364 e. The summed E-state index contributed by atoms with van der Waals surface area (Å²) in [5, 5.41) is 5.08. The van der Waals surface area contributed by atoms with Gasteiger partial charge in [0, 0.05) is 43.6 Å². The minimum absolute atomic E-state index is 0. The minimum Gasteiger partial charge on any atom is -0.364 e. The van der Waals surface area contributed by atoms with Crippen molar-refractivity contribution in [2.75, 3.05) is 0 Å². The Bertz CT molecular complexity index is 1550. The largest absolute Gasteiger partial charge is 1.00 e. The summed E-state index contributed by atoms with van der Waals surface area (Å²) in [4.78, 5) is 0. The van der Waals surface area contributed by atoms with Crippen molar-refractivity contribution in [1.29, 1.82) is 0 Å². The maximum absolute atomic E-state index is 3.42. The van der Waals surface area contributed by atoms with Crippen molar-refractivity contribution in [3.05, 3.63) is 121 Å². The molecule has 0 bridgehead atoms. The van der Waals surface area contributed by atoms with Crippen LogP contribution in [-0.2, 0) is 17.1 Å². The predicted molar refractivity (Wildman–Crippen MR) is 134 cm³/mol. The van der Waals surface area contributed by atoms with Crippen LogP contribution in [0.2, 0.25) is 0 Å². The molecule has 0 spiro atoms. The number of hydrogen-bond acceptors (Lipinski definition) is 0. The molecule has 3 heteroatoms. The molecule has 0 saturated heterocycles. The van der Waals surface area contributed by atoms with Crippen molar-refractivity contribution in [2.45, 2.75) is 0 Å². The van der Waals surface area contributed by atoms with Gasteiger partial charge in [0.15, 0.2) is 0 Å². The van der Waals surface area contributed by atoms with Gasteiger partial charge in [0.2, 0.25) is 0 Å². The number of para-hydroxylation sites is 4. The summed E-state index contributed by atoms with van der Waals surface area (Å²) in [6.45, 7) is 0. The van der Waals surface area contributed by atoms with Gasteiger partial charge in [-0.2, -0.15) is 18.2 Å². The van der Waals surface area contributed by atoms with E-state index >= 15 is 0 Å². The van der Waals surface area contributed by atoms with Crippen molar-refractivity contribution in [1.82, 2.24) is 9.13 Å². The van der Waals surface area contributed by atoms with Gasteiger partial charge < -0.3 is 9.13 Å². The zero-order valence-electron chi connectivity index (χ0n) is 17.7. The van der Waals surface area contributed by atoms with Crippen molar-refractivity contribution in [3.8, 4) is 11.4 Å². The van der Waals surface area contributed by atoms with Crippen LogP contribution in [0.1, 0.15) is 0 Å². The predicted octanol–water partition coefficient (Wildman–Crippen LogP) is 7.68. The van der Waals surface area contributed by atoms with Crippen LogP contribution in [0.15, 0.2) is 115 Å². The fourth-order valence-electron chi connectivity index (χ4n) is 5.11. The van der Waals surface area contributed by atoms with Gasteiger partial charge in [0.25, 0.3) is 0 Å². The van der Waals surface area contributed by atoms with Crippen LogP contribution in [0.5, 0.6) is 0 Å². The van der Waals surface area contributed by atoms with Crippen LogP contribution in [0.4, 0.5) is 0 Å². The normalized spacial score (nSPS) is 11.4. The molecule has 2 heterocycles. The standard InChI is InChI=1S/C30H19N2.Cu/c1-5-16-27-23(12-1)24-13-2-6-17-28(24)31(27)21-10-9-11-22(20-21)32-29-18-7-3-14-25(29)26-15-4-8-19-30(26)32;/h1-8,10-20H;/q-1;+1. The summed E-state index contributed by atoms with van der Waals surface area (Å²) in [5.74, 6) is 0. The number of rotatable bonds is 2. The van der Waals surface area contributed by atoms with E-state index in [1.165, 1.54) is 43.6 Å². The molecule has 160 valence electrons.